The van der Waals surface area contributed by atoms with E-state index in [-0.39, 0.29) is 18.8 Å². The largest absolute Gasteiger partial charge is 0.497 e. The number of aliphatic hydroxyl groups excluding tert-OH is 1. The Morgan fingerprint density at radius 1 is 1.41 bits per heavy atom. The van der Waals surface area contributed by atoms with E-state index in [1.165, 1.54) is 0 Å². The maximum absolute atomic E-state index is 11.0. The third kappa shape index (κ3) is 2.68. The van der Waals surface area contributed by atoms with Crippen LogP contribution in [0.4, 0.5) is 4.79 Å². The highest BCUT2D eigenvalue weighted by molar-refractivity contribution is 5.70. The van der Waals surface area contributed by atoms with Gasteiger partial charge in [0.15, 0.2) is 0 Å². The number of methoxy groups -OCH3 is 1. The summed E-state index contributed by atoms with van der Waals surface area (Å²) in [5.41, 5.74) is 1.03. The minimum absolute atomic E-state index is 0.118. The van der Waals surface area contributed by atoms with Crippen molar-refractivity contribution in [3.63, 3.8) is 0 Å². The Labute approximate surface area is 99.3 Å². The van der Waals surface area contributed by atoms with Crippen LogP contribution in [0.1, 0.15) is 5.56 Å². The average Bonchev–Trinajstić information content (AvgIpc) is 2.70. The first-order valence-electron chi connectivity index (χ1n) is 5.44. The van der Waals surface area contributed by atoms with Crippen LogP contribution in [0.5, 0.6) is 5.75 Å². The van der Waals surface area contributed by atoms with Crippen LogP contribution in [-0.4, -0.2) is 37.1 Å². The third-order valence-electron chi connectivity index (χ3n) is 2.80. The molecule has 2 unspecified atom stereocenters. The summed E-state index contributed by atoms with van der Waals surface area (Å²) in [6, 6.07) is 7.21. The summed E-state index contributed by atoms with van der Waals surface area (Å²) >= 11 is 0. The van der Waals surface area contributed by atoms with Crippen LogP contribution in [0.25, 0.3) is 0 Å². The highest BCUT2D eigenvalue weighted by Gasteiger charge is 2.33. The molecule has 5 heteroatoms. The van der Waals surface area contributed by atoms with Crippen molar-refractivity contribution >= 4 is 6.09 Å². The van der Waals surface area contributed by atoms with Gasteiger partial charge < -0.3 is 19.9 Å². The number of carbonyl (C=O) groups is 1. The molecule has 0 spiro atoms. The Bertz CT molecular complexity index is 390. The fourth-order valence-electron chi connectivity index (χ4n) is 1.84. The van der Waals surface area contributed by atoms with Crippen LogP contribution in [-0.2, 0) is 11.2 Å². The molecule has 1 heterocycles. The van der Waals surface area contributed by atoms with E-state index in [1.807, 2.05) is 24.3 Å². The molecule has 0 bridgehead atoms. The van der Waals surface area contributed by atoms with Crippen LogP contribution in [0.2, 0.25) is 0 Å². The SMILES string of the molecule is COc1ccc(CC2OC(=O)NC2CO)cc1. The smallest absolute Gasteiger partial charge is 0.407 e. The number of cyclic esters (lactones) is 1. The summed E-state index contributed by atoms with van der Waals surface area (Å²) in [7, 11) is 1.61. The van der Waals surface area contributed by atoms with Crippen molar-refractivity contribution < 1.29 is 19.4 Å². The van der Waals surface area contributed by atoms with Gasteiger partial charge >= 0.3 is 6.09 Å². The number of alkyl carbamates (subject to hydrolysis) is 1. The standard InChI is InChI=1S/C12H15NO4/c1-16-9-4-2-8(3-5-9)6-11-10(7-14)13-12(15)17-11/h2-5,10-11,14H,6-7H2,1H3,(H,13,15). The molecule has 1 aliphatic heterocycles. The molecule has 1 saturated heterocycles. The molecule has 0 aliphatic carbocycles. The zero-order chi connectivity index (χ0) is 12.3. The maximum atomic E-state index is 11.0. The molecule has 0 saturated carbocycles. The van der Waals surface area contributed by atoms with Gasteiger partial charge in [-0.3, -0.25) is 0 Å². The van der Waals surface area contributed by atoms with Gasteiger partial charge in [0.2, 0.25) is 0 Å². The minimum Gasteiger partial charge on any atom is -0.497 e. The second-order valence-corrected chi connectivity index (χ2v) is 3.93. The summed E-state index contributed by atoms with van der Waals surface area (Å²) in [4.78, 5) is 11.0. The summed E-state index contributed by atoms with van der Waals surface area (Å²) in [6.45, 7) is -0.118. The molecule has 1 fully saturated rings. The lowest BCUT2D eigenvalue weighted by Crippen LogP contribution is -2.36. The Kier molecular flexibility index (Phi) is 3.49. The predicted molar refractivity (Wildman–Crippen MR) is 61.0 cm³/mol. The van der Waals surface area contributed by atoms with Crippen molar-refractivity contribution in [2.75, 3.05) is 13.7 Å². The quantitative estimate of drug-likeness (QED) is 0.809. The Hall–Kier alpha value is -1.75. The van der Waals surface area contributed by atoms with E-state index in [1.54, 1.807) is 7.11 Å². The molecular formula is C12H15NO4. The molecule has 0 aromatic heterocycles. The van der Waals surface area contributed by atoms with E-state index >= 15 is 0 Å². The zero-order valence-corrected chi connectivity index (χ0v) is 9.55. The van der Waals surface area contributed by atoms with Gasteiger partial charge in [-0.05, 0) is 17.7 Å². The molecular weight excluding hydrogens is 222 g/mol. The van der Waals surface area contributed by atoms with Crippen molar-refractivity contribution in [2.45, 2.75) is 18.6 Å². The van der Waals surface area contributed by atoms with E-state index in [9.17, 15) is 4.79 Å². The number of hydrogen-bond acceptors (Lipinski definition) is 4. The van der Waals surface area contributed by atoms with Crippen LogP contribution < -0.4 is 10.1 Å². The van der Waals surface area contributed by atoms with Crippen LogP contribution in [0.15, 0.2) is 24.3 Å². The summed E-state index contributed by atoms with van der Waals surface area (Å²) in [6.07, 6.45) is -0.211. The molecule has 2 rings (SSSR count). The molecule has 2 atom stereocenters. The molecule has 2 N–H and O–H groups in total. The number of benzene rings is 1. The maximum Gasteiger partial charge on any atom is 0.407 e. The van der Waals surface area contributed by atoms with Crippen molar-refractivity contribution in [1.29, 1.82) is 0 Å². The summed E-state index contributed by atoms with van der Waals surface area (Å²) in [5.74, 6) is 0.786. The van der Waals surface area contributed by atoms with E-state index in [0.29, 0.717) is 6.42 Å². The van der Waals surface area contributed by atoms with E-state index in [0.717, 1.165) is 11.3 Å². The number of carbonyl (C=O) groups excluding carboxylic acids is 1. The average molecular weight is 237 g/mol. The van der Waals surface area contributed by atoms with Gasteiger partial charge in [0, 0.05) is 6.42 Å². The molecule has 17 heavy (non-hydrogen) atoms. The zero-order valence-electron chi connectivity index (χ0n) is 9.55. The van der Waals surface area contributed by atoms with Gasteiger partial charge in [-0.25, -0.2) is 4.79 Å². The van der Waals surface area contributed by atoms with Crippen LogP contribution in [0.3, 0.4) is 0 Å². The number of rotatable bonds is 4. The first-order valence-corrected chi connectivity index (χ1v) is 5.44. The Morgan fingerprint density at radius 2 is 2.12 bits per heavy atom. The number of aliphatic hydroxyl groups is 1. The normalized spacial score (nSPS) is 23.1. The molecule has 0 radical (unpaired) electrons. The number of ether oxygens (including phenoxy) is 2. The first-order chi connectivity index (χ1) is 8.22. The van der Waals surface area contributed by atoms with E-state index in [2.05, 4.69) is 5.32 Å². The molecule has 1 aliphatic rings. The number of hydrogen-bond donors (Lipinski definition) is 2. The van der Waals surface area contributed by atoms with Gasteiger partial charge in [0.1, 0.15) is 11.9 Å². The lowest BCUT2D eigenvalue weighted by molar-refractivity contribution is 0.118. The topological polar surface area (TPSA) is 67.8 Å². The van der Waals surface area contributed by atoms with Gasteiger partial charge in [0.05, 0.1) is 19.8 Å². The van der Waals surface area contributed by atoms with Crippen molar-refractivity contribution in [2.24, 2.45) is 0 Å². The highest BCUT2D eigenvalue weighted by atomic mass is 16.6. The molecule has 1 aromatic rings. The van der Waals surface area contributed by atoms with Crippen LogP contribution >= 0.6 is 0 Å². The fraction of sp³-hybridized carbons (Fsp3) is 0.417. The van der Waals surface area contributed by atoms with E-state index in [4.69, 9.17) is 14.6 Å². The Balaban J connectivity index is 2.02. The number of nitrogens with one attached hydrogen (secondary N) is 1. The second-order valence-electron chi connectivity index (χ2n) is 3.93. The summed E-state index contributed by atoms with van der Waals surface area (Å²) in [5, 5.41) is 11.7. The lowest BCUT2D eigenvalue weighted by Gasteiger charge is -2.14. The molecule has 5 nitrogen and oxygen atoms in total. The van der Waals surface area contributed by atoms with Gasteiger partial charge in [0.25, 0.3) is 0 Å². The van der Waals surface area contributed by atoms with Crippen molar-refractivity contribution in [3.8, 4) is 5.75 Å². The predicted octanol–water partition coefficient (Wildman–Crippen LogP) is 0.707. The lowest BCUT2D eigenvalue weighted by atomic mass is 10.0. The monoisotopic (exact) mass is 237 g/mol. The minimum atomic E-state index is -0.470. The molecule has 1 amide bonds. The van der Waals surface area contributed by atoms with Gasteiger partial charge in [-0.2, -0.15) is 0 Å². The second kappa shape index (κ2) is 5.05. The molecule has 1 aromatic carbocycles. The van der Waals surface area contributed by atoms with Gasteiger partial charge in [-0.1, -0.05) is 12.1 Å². The van der Waals surface area contributed by atoms with E-state index < -0.39 is 6.09 Å². The first kappa shape index (κ1) is 11.7. The van der Waals surface area contributed by atoms with Crippen LogP contribution in [0, 0.1) is 0 Å². The van der Waals surface area contributed by atoms with Crippen molar-refractivity contribution in [1.82, 2.24) is 5.32 Å². The highest BCUT2D eigenvalue weighted by Crippen LogP contribution is 2.17. The van der Waals surface area contributed by atoms with Crippen molar-refractivity contribution in [3.05, 3.63) is 29.8 Å². The Morgan fingerprint density at radius 3 is 2.71 bits per heavy atom. The summed E-state index contributed by atoms with van der Waals surface area (Å²) < 4.78 is 10.1. The number of amides is 1. The third-order valence-corrected chi connectivity index (χ3v) is 2.80. The van der Waals surface area contributed by atoms with Gasteiger partial charge in [-0.15, -0.1) is 0 Å². The fourth-order valence-corrected chi connectivity index (χ4v) is 1.84. The molecule has 92 valence electrons.